The van der Waals surface area contributed by atoms with Crippen LogP contribution in [0.4, 0.5) is 0 Å². The lowest BCUT2D eigenvalue weighted by Gasteiger charge is -2.30. The van der Waals surface area contributed by atoms with Crippen molar-refractivity contribution in [3.8, 4) is 11.5 Å². The number of hydrogen-bond donors (Lipinski definition) is 3. The van der Waals surface area contributed by atoms with E-state index >= 15 is 0 Å². The molecule has 2 saturated carbocycles. The van der Waals surface area contributed by atoms with Gasteiger partial charge in [0.2, 0.25) is 0 Å². The van der Waals surface area contributed by atoms with Crippen molar-refractivity contribution in [2.24, 2.45) is 0 Å². The summed E-state index contributed by atoms with van der Waals surface area (Å²) in [7, 11) is 0. The fourth-order valence-corrected chi connectivity index (χ4v) is 7.77. The Morgan fingerprint density at radius 3 is 1.29 bits per heavy atom. The second kappa shape index (κ2) is 27.0. The molecule has 8 rings (SSSR count). The van der Waals surface area contributed by atoms with Gasteiger partial charge in [0.25, 0.3) is 5.24 Å². The maximum atomic E-state index is 12.6. The van der Waals surface area contributed by atoms with Crippen LogP contribution < -0.4 is 4.74 Å². The monoisotopic (exact) mass is 960 g/mol. The minimum Gasteiger partial charge on any atom is -0.508 e. The van der Waals surface area contributed by atoms with Crippen LogP contribution in [0.2, 0.25) is 0 Å². The fraction of sp³-hybridized carbons (Fsp3) is 0.220. The summed E-state index contributed by atoms with van der Waals surface area (Å²) in [4.78, 5) is 70.7. The number of phenolic OH excluding ortho intramolecular Hbond substituents is 1. The average Bonchev–Trinajstić information content (AvgIpc) is 3.39. The molecule has 0 unspecified atom stereocenters. The van der Waals surface area contributed by atoms with Crippen LogP contribution in [-0.4, -0.2) is 60.9 Å². The number of phenols is 1. The number of carbonyl (C=O) groups excluding carboxylic acids is 6. The van der Waals surface area contributed by atoms with Gasteiger partial charge in [0, 0.05) is 22.3 Å². The predicted molar refractivity (Wildman–Crippen MR) is 273 cm³/mol. The van der Waals surface area contributed by atoms with E-state index in [9.17, 15) is 39.0 Å². The van der Waals surface area contributed by atoms with Crippen LogP contribution in [0.15, 0.2) is 176 Å². The first-order chi connectivity index (χ1) is 33.7. The number of benzene rings is 6. The van der Waals surface area contributed by atoms with Crippen molar-refractivity contribution >= 4 is 58.1 Å². The number of aliphatic hydroxyl groups is 2. The normalized spacial score (nSPS) is 14.5. The highest BCUT2D eigenvalue weighted by Gasteiger charge is 2.38. The van der Waals surface area contributed by atoms with Gasteiger partial charge in [-0.05, 0) is 140 Å². The van der Waals surface area contributed by atoms with Gasteiger partial charge in [-0.15, -0.1) is 0 Å². The topological polar surface area (TPSA) is 172 Å². The smallest absolute Gasteiger partial charge is 0.343 e. The average molecular weight is 962 g/mol. The molecule has 2 fully saturated rings. The maximum Gasteiger partial charge on any atom is 0.343 e. The lowest BCUT2D eigenvalue weighted by atomic mass is 9.79. The summed E-state index contributed by atoms with van der Waals surface area (Å²) in [6.07, 6.45) is 14.0. The Hall–Kier alpha value is -7.37. The Morgan fingerprint density at radius 2 is 0.857 bits per heavy atom. The number of aromatic hydroxyl groups is 1. The van der Waals surface area contributed by atoms with Gasteiger partial charge in [0.1, 0.15) is 22.7 Å². The van der Waals surface area contributed by atoms with Crippen molar-refractivity contribution in [2.75, 3.05) is 0 Å². The molecule has 6 aromatic rings. The van der Waals surface area contributed by atoms with E-state index in [1.165, 1.54) is 31.2 Å². The molecule has 0 radical (unpaired) electrons. The third kappa shape index (κ3) is 17.0. The summed E-state index contributed by atoms with van der Waals surface area (Å²) in [5.41, 5.74) is 1.52. The molecule has 0 heterocycles. The van der Waals surface area contributed by atoms with Gasteiger partial charge in [-0.25, -0.2) is 4.79 Å². The zero-order valence-corrected chi connectivity index (χ0v) is 39.8. The first-order valence-corrected chi connectivity index (χ1v) is 23.6. The number of halogens is 1. The Balaban J connectivity index is 0.000000192. The molecule has 0 saturated heterocycles. The van der Waals surface area contributed by atoms with Crippen LogP contribution in [-0.2, 0) is 4.79 Å². The molecule has 0 atom stereocenters. The summed E-state index contributed by atoms with van der Waals surface area (Å²) in [6.45, 7) is 1.47. The molecule has 70 heavy (non-hydrogen) atoms. The van der Waals surface area contributed by atoms with Crippen molar-refractivity contribution in [3.63, 3.8) is 0 Å². The molecule has 0 amide bonds. The first kappa shape index (κ1) is 53.6. The quantitative estimate of drug-likeness (QED) is 0.0352. The van der Waals surface area contributed by atoms with Gasteiger partial charge in [-0.2, -0.15) is 0 Å². The van der Waals surface area contributed by atoms with Crippen LogP contribution in [0, 0.1) is 0 Å². The fourth-order valence-electron chi connectivity index (χ4n) is 7.64. The van der Waals surface area contributed by atoms with Crippen molar-refractivity contribution < 1.29 is 48.8 Å². The van der Waals surface area contributed by atoms with Crippen molar-refractivity contribution in [3.05, 3.63) is 215 Å². The van der Waals surface area contributed by atoms with E-state index in [0.717, 1.165) is 49.7 Å². The number of esters is 1. The van der Waals surface area contributed by atoms with E-state index in [4.69, 9.17) is 21.4 Å². The highest BCUT2D eigenvalue weighted by Crippen LogP contribution is 2.33. The molecule has 2 aliphatic carbocycles. The number of ether oxygens (including phenoxy) is 1. The second-order valence-electron chi connectivity index (χ2n) is 17.0. The molecular weight excluding hydrogens is 904 g/mol. The molecule has 360 valence electrons. The third-order valence-electron chi connectivity index (χ3n) is 11.6. The lowest BCUT2D eigenvalue weighted by molar-refractivity contribution is -0.112. The minimum absolute atomic E-state index is 0.0500. The zero-order valence-electron chi connectivity index (χ0n) is 39.0. The highest BCUT2D eigenvalue weighted by molar-refractivity contribution is 6.67. The molecule has 0 spiro atoms. The predicted octanol–water partition coefficient (Wildman–Crippen LogP) is 12.3. The van der Waals surface area contributed by atoms with Crippen molar-refractivity contribution in [1.82, 2.24) is 0 Å². The maximum absolute atomic E-state index is 12.6. The number of hydrogen-bond acceptors (Lipinski definition) is 10. The van der Waals surface area contributed by atoms with E-state index in [2.05, 4.69) is 0 Å². The molecule has 6 aromatic carbocycles. The Labute approximate surface area is 414 Å². The van der Waals surface area contributed by atoms with E-state index in [-0.39, 0.29) is 28.9 Å². The van der Waals surface area contributed by atoms with Crippen LogP contribution in [0.1, 0.15) is 134 Å². The summed E-state index contributed by atoms with van der Waals surface area (Å²) >= 11 is 5.35. The van der Waals surface area contributed by atoms with E-state index in [0.29, 0.717) is 59.3 Å². The molecule has 10 nitrogen and oxygen atoms in total. The van der Waals surface area contributed by atoms with Gasteiger partial charge >= 0.3 is 5.97 Å². The van der Waals surface area contributed by atoms with Crippen LogP contribution in [0.25, 0.3) is 12.2 Å². The van der Waals surface area contributed by atoms with Gasteiger partial charge in [0.05, 0.1) is 5.56 Å². The standard InChI is InChI=1S/C24H24O5.C16H11ClO2.C13H16O3.C6H6/c1-17(25)5-6-18-7-9-20(10-8-18)23(27)29-21-13-11-19(12-14-21)22(26)24(28)15-3-2-4-16-24;17-16(19)14-9-6-12(7-10-14)8-11-15(18)13-4-2-1-3-5-13;14-11-6-4-10(5-7-11)12(15)13(16)8-2-1-3-9-13;1-2-4-6-5-3-1/h5-14,28H,2-4,15-16H2,1H3;1-11H;4-7,14,16H,1-3,8-9H2;1-6H. The minimum atomic E-state index is -1.28. The largest absolute Gasteiger partial charge is 0.508 e. The summed E-state index contributed by atoms with van der Waals surface area (Å²) < 4.78 is 5.36. The van der Waals surface area contributed by atoms with Crippen LogP contribution in [0.5, 0.6) is 11.5 Å². The number of allylic oxidation sites excluding steroid dienone is 2. The number of rotatable bonds is 12. The molecule has 2 aliphatic rings. The van der Waals surface area contributed by atoms with Gasteiger partial charge < -0.3 is 20.1 Å². The van der Waals surface area contributed by atoms with Gasteiger partial charge in [-0.3, -0.25) is 24.0 Å². The Morgan fingerprint density at radius 1 is 0.471 bits per heavy atom. The van der Waals surface area contributed by atoms with Crippen molar-refractivity contribution in [1.29, 1.82) is 0 Å². The van der Waals surface area contributed by atoms with E-state index in [1.54, 1.807) is 109 Å². The molecule has 3 N–H and O–H groups in total. The summed E-state index contributed by atoms with van der Waals surface area (Å²) in [5.74, 6) is -0.660. The molecule has 0 aromatic heterocycles. The van der Waals surface area contributed by atoms with Gasteiger partial charge in [0.15, 0.2) is 23.1 Å². The first-order valence-electron chi connectivity index (χ1n) is 23.2. The van der Waals surface area contributed by atoms with Gasteiger partial charge in [-0.1, -0.05) is 142 Å². The highest BCUT2D eigenvalue weighted by atomic mass is 35.5. The lowest BCUT2D eigenvalue weighted by Crippen LogP contribution is -2.40. The Bertz CT molecular complexity index is 2670. The SMILES string of the molecule is CC(=O)C=Cc1ccc(C(=O)Oc2ccc(C(=O)C3(O)CCCCC3)cc2)cc1.O=C(Cl)c1ccc(C=CC(=O)c2ccccc2)cc1.O=C(c1ccc(O)cc1)C1(O)CCCCC1.c1ccccc1. The zero-order chi connectivity index (χ0) is 50.4. The number of carbonyl (C=O) groups is 6. The molecule has 0 aliphatic heterocycles. The van der Waals surface area contributed by atoms with Crippen LogP contribution in [0.3, 0.4) is 0 Å². The summed E-state index contributed by atoms with van der Waals surface area (Å²) in [6, 6.07) is 46.8. The number of Topliss-reactive ketones (excluding diaryl/α,β-unsaturated/α-hetero) is 2. The van der Waals surface area contributed by atoms with E-state index in [1.807, 2.05) is 54.6 Å². The summed E-state index contributed by atoms with van der Waals surface area (Å²) in [5, 5.41) is 29.5. The van der Waals surface area contributed by atoms with E-state index < -0.39 is 22.4 Å². The Kier molecular flexibility index (Phi) is 20.7. The molecular formula is C59H57ClO10. The van der Waals surface area contributed by atoms with Crippen LogP contribution >= 0.6 is 11.6 Å². The third-order valence-corrected chi connectivity index (χ3v) is 11.8. The van der Waals surface area contributed by atoms with Crippen molar-refractivity contribution in [2.45, 2.75) is 82.3 Å². The molecule has 0 bridgehead atoms. The molecule has 11 heteroatoms. The second-order valence-corrected chi connectivity index (χ2v) is 17.3. The number of ketones is 4.